The van der Waals surface area contributed by atoms with Gasteiger partial charge in [0.1, 0.15) is 11.6 Å². The zero-order valence-electron chi connectivity index (χ0n) is 16.6. The summed E-state index contributed by atoms with van der Waals surface area (Å²) >= 11 is 7.98. The minimum Gasteiger partial charge on any atom is -0.318 e. The molecule has 4 nitrogen and oxygen atoms in total. The molecule has 9 heteroatoms. The van der Waals surface area contributed by atoms with E-state index < -0.39 is 0 Å². The number of benzene rings is 2. The maximum atomic E-state index is 13.3. The van der Waals surface area contributed by atoms with Crippen molar-refractivity contribution in [2.24, 2.45) is 0 Å². The Morgan fingerprint density at radius 3 is 2.23 bits per heavy atom. The molecular weight excluding hydrogens is 456 g/mol. The summed E-state index contributed by atoms with van der Waals surface area (Å²) in [7, 11) is 0. The highest BCUT2D eigenvalue weighted by Gasteiger charge is 2.18. The summed E-state index contributed by atoms with van der Waals surface area (Å²) in [6.45, 7) is 3.79. The summed E-state index contributed by atoms with van der Waals surface area (Å²) in [5.41, 5.74) is 3.80. The number of rotatable bonds is 6. The lowest BCUT2D eigenvalue weighted by Gasteiger charge is -2.09. The Labute approximate surface area is 191 Å². The normalized spacial score (nSPS) is 11.1. The van der Waals surface area contributed by atoms with Gasteiger partial charge in [0.05, 0.1) is 11.4 Å². The van der Waals surface area contributed by atoms with Crippen LogP contribution in [0.25, 0.3) is 11.4 Å². The van der Waals surface area contributed by atoms with E-state index in [2.05, 4.69) is 5.10 Å². The molecule has 0 spiro atoms. The summed E-state index contributed by atoms with van der Waals surface area (Å²) in [6.07, 6.45) is 0. The lowest BCUT2D eigenvalue weighted by molar-refractivity contribution is 0.102. The standard InChI is InChI=1S/C22H17F2N3OS3/c1-13-11-19(14(2)26(13)17-7-3-15(23)4-8-17)20(28)12-30-21-25-27(22(29)31-21)18-9-5-16(24)6-10-18/h3-11H,12H2,1-2H3. The van der Waals surface area contributed by atoms with Gasteiger partial charge in [-0.05, 0) is 80.7 Å². The molecule has 31 heavy (non-hydrogen) atoms. The molecule has 2 heterocycles. The minimum atomic E-state index is -0.330. The molecule has 4 aromatic rings. The number of Topliss-reactive ketones (excluding diaryl/α,β-unsaturated/α-hetero) is 1. The van der Waals surface area contributed by atoms with Crippen molar-refractivity contribution in [3.05, 3.63) is 87.1 Å². The van der Waals surface area contributed by atoms with Gasteiger partial charge in [-0.2, -0.15) is 0 Å². The number of aryl methyl sites for hydroxylation is 1. The van der Waals surface area contributed by atoms with Crippen LogP contribution in [0.5, 0.6) is 0 Å². The molecular formula is C22H17F2N3OS3. The average molecular weight is 474 g/mol. The Morgan fingerprint density at radius 1 is 1.03 bits per heavy atom. The molecule has 0 bridgehead atoms. The van der Waals surface area contributed by atoms with E-state index in [4.69, 9.17) is 12.2 Å². The highest BCUT2D eigenvalue weighted by atomic mass is 32.2. The molecule has 0 fully saturated rings. The largest absolute Gasteiger partial charge is 0.318 e. The van der Waals surface area contributed by atoms with Crippen LogP contribution in [0.1, 0.15) is 21.7 Å². The molecule has 0 aliphatic carbocycles. The zero-order valence-corrected chi connectivity index (χ0v) is 19.1. The molecule has 0 aliphatic rings. The number of thioether (sulfide) groups is 1. The Balaban J connectivity index is 1.52. The molecule has 0 atom stereocenters. The van der Waals surface area contributed by atoms with Gasteiger partial charge in [-0.3, -0.25) is 4.79 Å². The molecule has 4 rings (SSSR count). The van der Waals surface area contributed by atoms with Crippen LogP contribution in [0, 0.1) is 29.4 Å². The summed E-state index contributed by atoms with van der Waals surface area (Å²) in [4.78, 5) is 12.9. The fourth-order valence-electron chi connectivity index (χ4n) is 3.30. The second-order valence-electron chi connectivity index (χ2n) is 6.83. The molecule has 0 aliphatic heterocycles. The Hall–Kier alpha value is -2.62. The number of carbonyl (C=O) groups excluding carboxylic acids is 1. The quantitative estimate of drug-likeness (QED) is 0.187. The summed E-state index contributed by atoms with van der Waals surface area (Å²) in [6, 6.07) is 13.9. The first-order valence-corrected chi connectivity index (χ1v) is 11.5. The second-order valence-corrected chi connectivity index (χ2v) is 9.68. The fraction of sp³-hybridized carbons (Fsp3) is 0.136. The van der Waals surface area contributed by atoms with E-state index in [1.807, 2.05) is 24.5 Å². The van der Waals surface area contributed by atoms with E-state index in [1.54, 1.807) is 28.9 Å². The first kappa shape index (κ1) is 21.6. The SMILES string of the molecule is Cc1cc(C(=O)CSc2nn(-c3ccc(F)cc3)c(=S)s2)c(C)n1-c1ccc(F)cc1. The van der Waals surface area contributed by atoms with Crippen LogP contribution in [-0.2, 0) is 0 Å². The Kier molecular flexibility index (Phi) is 6.17. The van der Waals surface area contributed by atoms with Crippen LogP contribution in [-0.4, -0.2) is 25.9 Å². The third kappa shape index (κ3) is 4.53. The molecule has 0 saturated carbocycles. The van der Waals surface area contributed by atoms with E-state index in [0.29, 0.717) is 19.5 Å². The predicted molar refractivity (Wildman–Crippen MR) is 122 cm³/mol. The Morgan fingerprint density at radius 2 is 1.61 bits per heavy atom. The van der Waals surface area contributed by atoms with Gasteiger partial charge in [0.25, 0.3) is 0 Å². The summed E-state index contributed by atoms with van der Waals surface area (Å²) in [5, 5.41) is 4.45. The number of halogens is 2. The molecule has 0 radical (unpaired) electrons. The van der Waals surface area contributed by atoms with Crippen LogP contribution in [0.4, 0.5) is 8.78 Å². The number of carbonyl (C=O) groups is 1. The second kappa shape index (κ2) is 8.86. The van der Waals surface area contributed by atoms with Crippen LogP contribution in [0.3, 0.4) is 0 Å². The lowest BCUT2D eigenvalue weighted by atomic mass is 10.2. The maximum Gasteiger partial charge on any atom is 0.184 e. The van der Waals surface area contributed by atoms with E-state index in [0.717, 1.165) is 17.1 Å². The van der Waals surface area contributed by atoms with E-state index >= 15 is 0 Å². The number of hydrogen-bond donors (Lipinski definition) is 0. The monoisotopic (exact) mass is 473 g/mol. The van der Waals surface area contributed by atoms with Crippen molar-refractivity contribution in [1.82, 2.24) is 14.3 Å². The molecule has 0 unspecified atom stereocenters. The molecule has 0 amide bonds. The number of aromatic nitrogens is 3. The van der Waals surface area contributed by atoms with Crippen molar-refractivity contribution in [2.75, 3.05) is 5.75 Å². The smallest absolute Gasteiger partial charge is 0.184 e. The van der Waals surface area contributed by atoms with E-state index in [1.165, 1.54) is 47.4 Å². The zero-order chi connectivity index (χ0) is 22.1. The third-order valence-electron chi connectivity index (χ3n) is 4.74. The highest BCUT2D eigenvalue weighted by Crippen LogP contribution is 2.27. The van der Waals surface area contributed by atoms with Gasteiger partial charge in [-0.1, -0.05) is 23.1 Å². The fourth-order valence-corrected chi connectivity index (χ4v) is 5.55. The van der Waals surface area contributed by atoms with Crippen molar-refractivity contribution in [3.8, 4) is 11.4 Å². The van der Waals surface area contributed by atoms with Gasteiger partial charge in [0.2, 0.25) is 0 Å². The van der Waals surface area contributed by atoms with Crippen LogP contribution in [0.15, 0.2) is 58.9 Å². The first-order valence-electron chi connectivity index (χ1n) is 9.30. The molecule has 0 saturated heterocycles. The average Bonchev–Trinajstić information content (AvgIpc) is 3.26. The molecule has 158 valence electrons. The lowest BCUT2D eigenvalue weighted by Crippen LogP contribution is -2.05. The van der Waals surface area contributed by atoms with Gasteiger partial charge >= 0.3 is 0 Å². The van der Waals surface area contributed by atoms with Gasteiger partial charge in [0.15, 0.2) is 14.1 Å². The van der Waals surface area contributed by atoms with Gasteiger partial charge in [-0.15, -0.1) is 5.10 Å². The molecule has 2 aromatic carbocycles. The molecule has 0 N–H and O–H groups in total. The van der Waals surface area contributed by atoms with Crippen molar-refractivity contribution in [1.29, 1.82) is 0 Å². The van der Waals surface area contributed by atoms with Crippen molar-refractivity contribution in [3.63, 3.8) is 0 Å². The van der Waals surface area contributed by atoms with Crippen LogP contribution < -0.4 is 0 Å². The van der Waals surface area contributed by atoms with Crippen molar-refractivity contribution in [2.45, 2.75) is 18.2 Å². The number of nitrogens with zero attached hydrogens (tertiary/aromatic N) is 3. The summed E-state index contributed by atoms with van der Waals surface area (Å²) < 4.78 is 31.1. The first-order chi connectivity index (χ1) is 14.8. The topological polar surface area (TPSA) is 39.8 Å². The van der Waals surface area contributed by atoms with E-state index in [9.17, 15) is 13.6 Å². The van der Waals surface area contributed by atoms with Crippen molar-refractivity contribution < 1.29 is 13.6 Å². The van der Waals surface area contributed by atoms with Gasteiger partial charge in [0, 0.05) is 22.6 Å². The van der Waals surface area contributed by atoms with Gasteiger partial charge in [-0.25, -0.2) is 13.5 Å². The minimum absolute atomic E-state index is 0.0269. The maximum absolute atomic E-state index is 13.3. The van der Waals surface area contributed by atoms with Crippen LogP contribution in [0.2, 0.25) is 0 Å². The van der Waals surface area contributed by atoms with E-state index in [-0.39, 0.29) is 23.2 Å². The third-order valence-corrected chi connectivity index (χ3v) is 7.11. The number of hydrogen-bond acceptors (Lipinski definition) is 5. The van der Waals surface area contributed by atoms with Crippen molar-refractivity contribution >= 4 is 41.1 Å². The van der Waals surface area contributed by atoms with Crippen LogP contribution >= 0.6 is 35.3 Å². The number of ketones is 1. The Bertz CT molecular complexity index is 1310. The van der Waals surface area contributed by atoms with Gasteiger partial charge < -0.3 is 4.57 Å². The molecule has 2 aromatic heterocycles. The summed E-state index contributed by atoms with van der Waals surface area (Å²) in [5.74, 6) is -0.453. The highest BCUT2D eigenvalue weighted by molar-refractivity contribution is 8.01. The predicted octanol–water partition coefficient (Wildman–Crippen LogP) is 6.32.